The van der Waals surface area contributed by atoms with E-state index in [4.69, 9.17) is 17.2 Å². The monoisotopic (exact) mass is 877 g/mol. The van der Waals surface area contributed by atoms with Crippen LogP contribution < -0.4 is 47.9 Å². The van der Waals surface area contributed by atoms with Crippen LogP contribution in [-0.4, -0.2) is 99.8 Å². The lowest BCUT2D eigenvalue weighted by atomic mass is 9.96. The molecule has 3 amide bonds. The van der Waals surface area contributed by atoms with Crippen LogP contribution in [0.15, 0.2) is 48.8 Å². The molecule has 5 aromatic rings. The molecular formula is C39H52ClN15O3S2. The molecule has 0 bridgehead atoms. The molecule has 7 rings (SSSR count). The molecule has 2 saturated heterocycles. The van der Waals surface area contributed by atoms with Crippen molar-refractivity contribution in [2.24, 2.45) is 29.0 Å². The van der Waals surface area contributed by atoms with Gasteiger partial charge in [-0.25, -0.2) is 19.9 Å². The van der Waals surface area contributed by atoms with Crippen LogP contribution in [0.2, 0.25) is 0 Å². The first-order valence-electron chi connectivity index (χ1n) is 19.4. The molecule has 2 aliphatic rings. The minimum atomic E-state index is -0.640. The Morgan fingerprint density at radius 1 is 0.750 bits per heavy atom. The quantitative estimate of drug-likeness (QED) is 0.0954. The van der Waals surface area contributed by atoms with Crippen molar-refractivity contribution in [3.63, 3.8) is 0 Å². The molecule has 0 spiro atoms. The number of hydrogen-bond donors (Lipinski definition) is 6. The summed E-state index contributed by atoms with van der Waals surface area (Å²) in [4.78, 5) is 60.0. The number of nitrogens with two attached hydrogens (primary N) is 3. The van der Waals surface area contributed by atoms with Crippen molar-refractivity contribution >= 4 is 92.2 Å². The Labute approximate surface area is 363 Å². The van der Waals surface area contributed by atoms with Crippen LogP contribution in [0.4, 0.5) is 39.0 Å². The maximum absolute atomic E-state index is 12.5. The SMILES string of the molecule is Cc1cc(Nc2nc(N3CCC(CN)CC3)cnc2C(N)=O)sn1.Cc1cc(Nc2nc(N3CCC(CNC(=O)c4ccc(N(C)C)cc4)CC3)cnc2C(N)=O)sn1.Cl. The number of hydrogen-bond acceptors (Lipinski definition) is 17. The summed E-state index contributed by atoms with van der Waals surface area (Å²) in [5, 5.41) is 10.9. The van der Waals surface area contributed by atoms with Crippen LogP contribution in [-0.2, 0) is 0 Å². The number of benzene rings is 1. The summed E-state index contributed by atoms with van der Waals surface area (Å²) < 4.78 is 8.45. The molecule has 0 atom stereocenters. The topological polar surface area (TPSA) is 252 Å². The number of anilines is 7. The second-order valence-electron chi connectivity index (χ2n) is 14.7. The maximum atomic E-state index is 12.5. The minimum Gasteiger partial charge on any atom is -0.378 e. The predicted octanol–water partition coefficient (Wildman–Crippen LogP) is 4.48. The fraction of sp³-hybridized carbons (Fsp3) is 0.410. The van der Waals surface area contributed by atoms with Gasteiger partial charge in [0.25, 0.3) is 17.7 Å². The second-order valence-corrected chi connectivity index (χ2v) is 16.4. The maximum Gasteiger partial charge on any atom is 0.271 e. The largest absolute Gasteiger partial charge is 0.378 e. The van der Waals surface area contributed by atoms with E-state index >= 15 is 0 Å². The van der Waals surface area contributed by atoms with Crippen molar-refractivity contribution in [1.29, 1.82) is 0 Å². The highest BCUT2D eigenvalue weighted by atomic mass is 35.5. The van der Waals surface area contributed by atoms with Crippen LogP contribution in [0.5, 0.6) is 0 Å². The standard InChI is InChI=1S/C24H30N8O2S.C15H21N7OS.ClH/c1-15-12-20(35-30-15)29-23-21(22(25)33)26-14-19(28-23)32-10-8-16(9-11-32)13-27-24(34)17-4-6-18(7-5-17)31(2)3;1-9-6-12(24-21-9)20-15-13(14(17)23)18-8-11(19-15)22-4-2-10(7-16)3-5-22;/h4-7,12,14,16H,8-11,13H2,1-3H3,(H2,25,33)(H,27,34)(H,28,29);6,8,10H,2-5,7,16H2,1H3,(H2,17,23)(H,19,20);1H. The predicted molar refractivity (Wildman–Crippen MR) is 241 cm³/mol. The normalized spacial score (nSPS) is 14.3. The van der Waals surface area contributed by atoms with Crippen molar-refractivity contribution in [3.8, 4) is 0 Å². The smallest absolute Gasteiger partial charge is 0.271 e. The molecule has 2 aliphatic heterocycles. The van der Waals surface area contributed by atoms with Gasteiger partial charge in [-0.1, -0.05) is 0 Å². The van der Waals surface area contributed by atoms with E-state index < -0.39 is 11.8 Å². The molecule has 6 heterocycles. The van der Waals surface area contributed by atoms with E-state index in [-0.39, 0.29) is 29.7 Å². The summed E-state index contributed by atoms with van der Waals surface area (Å²) >= 11 is 2.58. The van der Waals surface area contributed by atoms with Gasteiger partial charge in [-0.3, -0.25) is 14.4 Å². The van der Waals surface area contributed by atoms with Gasteiger partial charge in [0.05, 0.1) is 23.8 Å². The van der Waals surface area contributed by atoms with Crippen molar-refractivity contribution in [2.45, 2.75) is 39.5 Å². The zero-order valence-corrected chi connectivity index (χ0v) is 36.5. The van der Waals surface area contributed by atoms with Crippen LogP contribution in [0.3, 0.4) is 0 Å². The molecule has 0 radical (unpaired) electrons. The van der Waals surface area contributed by atoms with E-state index in [1.54, 1.807) is 12.4 Å². The summed E-state index contributed by atoms with van der Waals surface area (Å²) in [5.74, 6) is 1.75. The third-order valence-electron chi connectivity index (χ3n) is 10.1. The van der Waals surface area contributed by atoms with Crippen molar-refractivity contribution < 1.29 is 14.4 Å². The fourth-order valence-electron chi connectivity index (χ4n) is 6.69. The van der Waals surface area contributed by atoms with E-state index in [0.717, 1.165) is 91.3 Å². The number of primary amides is 2. The highest BCUT2D eigenvalue weighted by Gasteiger charge is 2.24. The number of aromatic nitrogens is 6. The van der Waals surface area contributed by atoms with E-state index in [1.165, 1.54) is 23.1 Å². The Morgan fingerprint density at radius 2 is 1.20 bits per heavy atom. The van der Waals surface area contributed by atoms with Gasteiger partial charge in [0.15, 0.2) is 23.0 Å². The number of nitrogens with one attached hydrogen (secondary N) is 3. The van der Waals surface area contributed by atoms with Gasteiger partial charge in [0, 0.05) is 58.1 Å². The van der Waals surface area contributed by atoms with Gasteiger partial charge in [-0.05, 0) is 117 Å². The van der Waals surface area contributed by atoms with Crippen molar-refractivity contribution in [3.05, 3.63) is 77.1 Å². The second kappa shape index (κ2) is 21.0. The van der Waals surface area contributed by atoms with Crippen LogP contribution in [0.1, 0.15) is 68.4 Å². The molecule has 4 aromatic heterocycles. The third kappa shape index (κ3) is 12.0. The number of nitrogens with zero attached hydrogens (tertiary/aromatic N) is 9. The average molecular weight is 879 g/mol. The first-order chi connectivity index (χ1) is 28.4. The zero-order valence-electron chi connectivity index (χ0n) is 34.1. The molecule has 18 nitrogen and oxygen atoms in total. The first-order valence-corrected chi connectivity index (χ1v) is 20.9. The Bertz CT molecular complexity index is 2220. The van der Waals surface area contributed by atoms with Gasteiger partial charge >= 0.3 is 0 Å². The Hall–Kier alpha value is -5.70. The lowest BCUT2D eigenvalue weighted by molar-refractivity contribution is 0.0942. The molecular weight excluding hydrogens is 826 g/mol. The fourth-order valence-corrected chi connectivity index (χ4v) is 8.01. The number of carbonyl (C=O) groups excluding carboxylic acids is 3. The molecule has 9 N–H and O–H groups in total. The summed E-state index contributed by atoms with van der Waals surface area (Å²) in [6, 6.07) is 11.3. The summed E-state index contributed by atoms with van der Waals surface area (Å²) in [6.45, 7) is 8.47. The molecule has 0 aliphatic carbocycles. The molecule has 0 unspecified atom stereocenters. The molecule has 1 aromatic carbocycles. The van der Waals surface area contributed by atoms with Crippen LogP contribution in [0, 0.1) is 25.7 Å². The number of carbonyl (C=O) groups is 3. The summed E-state index contributed by atoms with van der Waals surface area (Å²) in [7, 11) is 3.94. The highest BCUT2D eigenvalue weighted by molar-refractivity contribution is 7.10. The molecule has 60 heavy (non-hydrogen) atoms. The number of piperidine rings is 2. The van der Waals surface area contributed by atoms with Crippen LogP contribution in [0.25, 0.3) is 0 Å². The van der Waals surface area contributed by atoms with Gasteiger partial charge in [-0.2, -0.15) is 8.75 Å². The van der Waals surface area contributed by atoms with Gasteiger partial charge in [-0.15, -0.1) is 12.4 Å². The van der Waals surface area contributed by atoms with Crippen LogP contribution >= 0.6 is 35.5 Å². The Kier molecular flexibility index (Phi) is 15.9. The zero-order chi connectivity index (χ0) is 42.1. The van der Waals surface area contributed by atoms with E-state index in [0.29, 0.717) is 41.4 Å². The summed E-state index contributed by atoms with van der Waals surface area (Å²) in [5.41, 5.74) is 20.4. The van der Waals surface area contributed by atoms with E-state index in [1.807, 2.05) is 69.2 Å². The third-order valence-corrected chi connectivity index (χ3v) is 11.7. The Balaban J connectivity index is 0.000000239. The minimum absolute atomic E-state index is 0. The van der Waals surface area contributed by atoms with Gasteiger partial charge in [0.2, 0.25) is 0 Å². The molecule has 2 fully saturated rings. The van der Waals surface area contributed by atoms with E-state index in [9.17, 15) is 14.4 Å². The molecule has 0 saturated carbocycles. The van der Waals surface area contributed by atoms with Crippen molar-refractivity contribution in [1.82, 2.24) is 34.0 Å². The first kappa shape index (κ1) is 45.4. The van der Waals surface area contributed by atoms with Gasteiger partial charge in [0.1, 0.15) is 21.6 Å². The molecule has 320 valence electrons. The molecule has 21 heteroatoms. The van der Waals surface area contributed by atoms with Gasteiger partial charge < -0.3 is 47.9 Å². The lowest BCUT2D eigenvalue weighted by Gasteiger charge is -2.33. The highest BCUT2D eigenvalue weighted by Crippen LogP contribution is 2.28. The average Bonchev–Trinajstić information content (AvgIpc) is 3.85. The Morgan fingerprint density at radius 3 is 1.58 bits per heavy atom. The van der Waals surface area contributed by atoms with E-state index in [2.05, 4.69) is 54.4 Å². The lowest BCUT2D eigenvalue weighted by Crippen LogP contribution is -2.39. The summed E-state index contributed by atoms with van der Waals surface area (Å²) in [6.07, 6.45) is 7.08. The number of rotatable bonds is 13. The van der Waals surface area contributed by atoms with Crippen molar-refractivity contribution in [2.75, 3.05) is 78.7 Å². The number of amides is 3. The number of aryl methyl sites for hydroxylation is 2. The number of halogens is 1.